The van der Waals surface area contributed by atoms with Crippen molar-refractivity contribution in [2.75, 3.05) is 0 Å². The van der Waals surface area contributed by atoms with Crippen LogP contribution in [0.3, 0.4) is 0 Å². The fourth-order valence-corrected chi connectivity index (χ4v) is 6.17. The highest BCUT2D eigenvalue weighted by Crippen LogP contribution is 2.45. The molecule has 1 nitrogen and oxygen atoms in total. The molecule has 2 fully saturated rings. The van der Waals surface area contributed by atoms with Gasteiger partial charge in [-0.15, -0.1) is 0 Å². The lowest BCUT2D eigenvalue weighted by Gasteiger charge is -2.37. The molecule has 2 saturated carbocycles. The highest BCUT2D eigenvalue weighted by Gasteiger charge is 2.40. The molecule has 208 valence electrons. The lowest BCUT2D eigenvalue weighted by atomic mass is 9.68. The molecule has 0 saturated heterocycles. The molecule has 0 unspecified atom stereocenters. The van der Waals surface area contributed by atoms with Crippen molar-refractivity contribution in [3.8, 4) is 5.75 Å². The minimum absolute atomic E-state index is 0.147. The number of benzene rings is 2. The summed E-state index contributed by atoms with van der Waals surface area (Å²) in [6, 6.07) is 3.86. The van der Waals surface area contributed by atoms with Gasteiger partial charge in [0.15, 0.2) is 23.2 Å². The molecule has 0 heterocycles. The Morgan fingerprint density at radius 1 is 0.789 bits per heavy atom. The molecule has 0 amide bonds. The smallest absolute Gasteiger partial charge is 0.426 e. The number of rotatable bonds is 8. The molecule has 0 aliphatic heterocycles. The fourth-order valence-electron chi connectivity index (χ4n) is 6.17. The zero-order valence-corrected chi connectivity index (χ0v) is 22.0. The third kappa shape index (κ3) is 6.23. The summed E-state index contributed by atoms with van der Waals surface area (Å²) < 4.78 is 91.2. The van der Waals surface area contributed by atoms with Crippen molar-refractivity contribution in [3.63, 3.8) is 0 Å². The van der Waals surface area contributed by atoms with Crippen LogP contribution >= 0.6 is 0 Å². The Bertz CT molecular complexity index is 1130. The Hall–Kier alpha value is -2.44. The van der Waals surface area contributed by atoms with Crippen molar-refractivity contribution in [2.45, 2.75) is 90.1 Å². The van der Waals surface area contributed by atoms with Crippen LogP contribution in [0.4, 0.5) is 26.3 Å². The SMILES string of the molecule is CCCC=CC1CCC(C2CCC(c3ccc(OC(F)(F)c4ccc(C)c(F)c4F)c(F)c3F)CC2)CC1. The van der Waals surface area contributed by atoms with Crippen LogP contribution in [0.1, 0.15) is 93.7 Å². The highest BCUT2D eigenvalue weighted by molar-refractivity contribution is 5.35. The van der Waals surface area contributed by atoms with Crippen molar-refractivity contribution >= 4 is 0 Å². The lowest BCUT2D eigenvalue weighted by Crippen LogP contribution is -2.26. The van der Waals surface area contributed by atoms with E-state index < -0.39 is 40.7 Å². The van der Waals surface area contributed by atoms with E-state index in [1.165, 1.54) is 38.7 Å². The molecule has 0 aromatic heterocycles. The summed E-state index contributed by atoms with van der Waals surface area (Å²) in [5, 5.41) is 0. The van der Waals surface area contributed by atoms with Crippen molar-refractivity contribution in [2.24, 2.45) is 17.8 Å². The molecule has 7 heteroatoms. The van der Waals surface area contributed by atoms with Crippen LogP contribution < -0.4 is 4.74 Å². The maximum atomic E-state index is 15.0. The van der Waals surface area contributed by atoms with E-state index in [1.54, 1.807) is 0 Å². The molecule has 4 rings (SSSR count). The van der Waals surface area contributed by atoms with Gasteiger partial charge in [-0.3, -0.25) is 0 Å². The maximum absolute atomic E-state index is 15.0. The van der Waals surface area contributed by atoms with Gasteiger partial charge in [-0.1, -0.05) is 37.6 Å². The molecule has 38 heavy (non-hydrogen) atoms. The Labute approximate surface area is 221 Å². The number of alkyl halides is 2. The summed E-state index contributed by atoms with van der Waals surface area (Å²) in [6.07, 6.45) is 10.7. The predicted molar refractivity (Wildman–Crippen MR) is 136 cm³/mol. The number of aryl methyl sites for hydroxylation is 1. The molecular formula is C31H36F6O. The quantitative estimate of drug-likeness (QED) is 0.240. The second-order valence-corrected chi connectivity index (χ2v) is 11.0. The van der Waals surface area contributed by atoms with Crippen LogP contribution in [0.25, 0.3) is 0 Å². The van der Waals surface area contributed by atoms with Gasteiger partial charge >= 0.3 is 6.11 Å². The minimum Gasteiger partial charge on any atom is -0.426 e. The summed E-state index contributed by atoms with van der Waals surface area (Å²) >= 11 is 0. The van der Waals surface area contributed by atoms with Gasteiger partial charge in [-0.2, -0.15) is 13.2 Å². The lowest BCUT2D eigenvalue weighted by molar-refractivity contribution is -0.189. The Morgan fingerprint density at radius 3 is 2.05 bits per heavy atom. The van der Waals surface area contributed by atoms with Crippen molar-refractivity contribution in [1.29, 1.82) is 0 Å². The molecule has 0 N–H and O–H groups in total. The number of hydrogen-bond donors (Lipinski definition) is 0. The Morgan fingerprint density at radius 2 is 1.42 bits per heavy atom. The third-order valence-corrected chi connectivity index (χ3v) is 8.46. The largest absolute Gasteiger partial charge is 0.429 e. The average molecular weight is 539 g/mol. The standard InChI is InChI=1S/C31H36F6O/c1-3-4-5-6-20-8-10-21(11-9-20)22-12-14-23(15-13-22)24-16-18-26(30(35)28(24)33)38-31(36,37)25-17-7-19(2)27(32)29(25)34/h5-7,16-18,20-23H,3-4,8-15H2,1-2H3. The van der Waals surface area contributed by atoms with Crippen LogP contribution in [-0.2, 0) is 6.11 Å². The molecule has 0 radical (unpaired) electrons. The first-order chi connectivity index (χ1) is 18.1. The topological polar surface area (TPSA) is 9.23 Å². The summed E-state index contributed by atoms with van der Waals surface area (Å²) in [4.78, 5) is 0. The van der Waals surface area contributed by atoms with E-state index in [4.69, 9.17) is 0 Å². The van der Waals surface area contributed by atoms with Gasteiger partial charge in [0.05, 0.1) is 0 Å². The van der Waals surface area contributed by atoms with Crippen LogP contribution in [0.2, 0.25) is 0 Å². The van der Waals surface area contributed by atoms with Gasteiger partial charge in [0.2, 0.25) is 5.82 Å². The zero-order chi connectivity index (χ0) is 27.4. The molecule has 0 atom stereocenters. The van der Waals surface area contributed by atoms with E-state index in [-0.39, 0.29) is 17.0 Å². The number of allylic oxidation sites excluding steroid dienone is 2. The van der Waals surface area contributed by atoms with E-state index in [2.05, 4.69) is 23.8 Å². The molecule has 2 aliphatic rings. The summed E-state index contributed by atoms with van der Waals surface area (Å²) in [6.45, 7) is 3.40. The second-order valence-electron chi connectivity index (χ2n) is 11.0. The molecule has 2 aliphatic carbocycles. The van der Waals surface area contributed by atoms with Gasteiger partial charge < -0.3 is 4.74 Å². The molecule has 2 aromatic rings. The van der Waals surface area contributed by atoms with Crippen LogP contribution in [0, 0.1) is 47.9 Å². The van der Waals surface area contributed by atoms with E-state index >= 15 is 4.39 Å². The second kappa shape index (κ2) is 12.2. The van der Waals surface area contributed by atoms with Crippen molar-refractivity contribution in [1.82, 2.24) is 0 Å². The van der Waals surface area contributed by atoms with E-state index in [0.717, 1.165) is 37.8 Å². The van der Waals surface area contributed by atoms with Gasteiger partial charge in [-0.25, -0.2) is 13.2 Å². The van der Waals surface area contributed by atoms with Gasteiger partial charge in [0, 0.05) is 0 Å². The van der Waals surface area contributed by atoms with Gasteiger partial charge in [0.1, 0.15) is 5.56 Å². The van der Waals surface area contributed by atoms with Crippen LogP contribution in [0.5, 0.6) is 5.75 Å². The van der Waals surface area contributed by atoms with E-state index in [0.29, 0.717) is 36.7 Å². The van der Waals surface area contributed by atoms with Crippen molar-refractivity contribution in [3.05, 3.63) is 76.4 Å². The highest BCUT2D eigenvalue weighted by atomic mass is 19.3. The normalized spacial score (nSPS) is 24.6. The number of hydrogen-bond acceptors (Lipinski definition) is 1. The van der Waals surface area contributed by atoms with E-state index in [1.807, 2.05) is 0 Å². The Balaban J connectivity index is 1.37. The third-order valence-electron chi connectivity index (χ3n) is 8.46. The van der Waals surface area contributed by atoms with Gasteiger partial charge in [0.25, 0.3) is 0 Å². The monoisotopic (exact) mass is 538 g/mol. The number of unbranched alkanes of at least 4 members (excludes halogenated alkanes) is 1. The summed E-state index contributed by atoms with van der Waals surface area (Å²) in [5.41, 5.74) is -1.40. The minimum atomic E-state index is -4.39. The fraction of sp³-hybridized carbons (Fsp3) is 0.548. The number of halogens is 6. The first-order valence-corrected chi connectivity index (χ1v) is 13.8. The van der Waals surface area contributed by atoms with E-state index in [9.17, 15) is 22.0 Å². The molecular weight excluding hydrogens is 502 g/mol. The maximum Gasteiger partial charge on any atom is 0.429 e. The molecule has 2 aromatic carbocycles. The van der Waals surface area contributed by atoms with Gasteiger partial charge in [-0.05, 0) is 112 Å². The molecule has 0 bridgehead atoms. The zero-order valence-electron chi connectivity index (χ0n) is 22.0. The number of ether oxygens (including phenoxy) is 1. The Kier molecular flexibility index (Phi) is 9.15. The van der Waals surface area contributed by atoms with Crippen LogP contribution in [-0.4, -0.2) is 0 Å². The first kappa shape index (κ1) is 28.6. The van der Waals surface area contributed by atoms with Crippen LogP contribution in [0.15, 0.2) is 36.4 Å². The summed E-state index contributed by atoms with van der Waals surface area (Å²) in [5.74, 6) is -5.35. The summed E-state index contributed by atoms with van der Waals surface area (Å²) in [7, 11) is 0. The molecule has 0 spiro atoms. The average Bonchev–Trinajstić information content (AvgIpc) is 2.90. The predicted octanol–water partition coefficient (Wildman–Crippen LogP) is 10.1. The van der Waals surface area contributed by atoms with Crippen molar-refractivity contribution < 1.29 is 31.1 Å². The first-order valence-electron chi connectivity index (χ1n) is 13.8.